The van der Waals surface area contributed by atoms with E-state index in [0.717, 1.165) is 31.0 Å². The normalized spacial score (nSPS) is 20.1. The van der Waals surface area contributed by atoms with E-state index in [0.29, 0.717) is 12.5 Å². The molecule has 0 radical (unpaired) electrons. The summed E-state index contributed by atoms with van der Waals surface area (Å²) in [5.41, 5.74) is -0.0919. The number of hydrogen-bond acceptors (Lipinski definition) is 3. The van der Waals surface area contributed by atoms with Crippen LogP contribution in [-0.4, -0.2) is 20.9 Å². The van der Waals surface area contributed by atoms with Crippen LogP contribution >= 0.6 is 10.7 Å². The maximum absolute atomic E-state index is 13.7. The zero-order valence-corrected chi connectivity index (χ0v) is 12.8. The van der Waals surface area contributed by atoms with Gasteiger partial charge in [0.2, 0.25) is 0 Å². The smallest absolute Gasteiger partial charge is 0.261 e. The minimum atomic E-state index is -3.98. The molecule has 2 aliphatic rings. The number of rotatable bonds is 5. The van der Waals surface area contributed by atoms with Gasteiger partial charge >= 0.3 is 0 Å². The number of hydrogen-bond donors (Lipinski definition) is 1. The Morgan fingerprint density at radius 3 is 2.57 bits per heavy atom. The van der Waals surface area contributed by atoms with Crippen LogP contribution in [-0.2, 0) is 9.05 Å². The zero-order valence-electron chi connectivity index (χ0n) is 11.2. The Hall–Kier alpha value is -1.14. The van der Waals surface area contributed by atoms with E-state index >= 15 is 0 Å². The number of amides is 1. The second-order valence-electron chi connectivity index (χ2n) is 5.90. The third-order valence-electron chi connectivity index (χ3n) is 4.40. The third-order valence-corrected chi connectivity index (χ3v) is 5.75. The first-order chi connectivity index (χ1) is 9.82. The molecule has 0 unspecified atom stereocenters. The molecule has 7 heteroatoms. The zero-order chi connectivity index (χ0) is 15.3. The Kier molecular flexibility index (Phi) is 3.48. The van der Waals surface area contributed by atoms with Gasteiger partial charge in [-0.2, -0.15) is 0 Å². The maximum Gasteiger partial charge on any atom is 0.261 e. The van der Waals surface area contributed by atoms with E-state index in [9.17, 15) is 17.6 Å². The van der Waals surface area contributed by atoms with E-state index in [1.54, 1.807) is 0 Å². The van der Waals surface area contributed by atoms with E-state index in [1.165, 1.54) is 12.8 Å². The summed E-state index contributed by atoms with van der Waals surface area (Å²) in [5.74, 6) is -0.674. The molecule has 2 aliphatic carbocycles. The Labute approximate surface area is 127 Å². The molecule has 4 nitrogen and oxygen atoms in total. The standard InChI is InChI=1S/C14H15ClFNO3S/c15-21(19,20)10-3-4-12(16)11(7-10)13(18)17-8-14(5-6-14)9-1-2-9/h3-4,7,9H,1-2,5-6,8H2,(H,17,18). The summed E-state index contributed by atoms with van der Waals surface area (Å²) in [6.07, 6.45) is 4.58. The molecule has 0 atom stereocenters. The Balaban J connectivity index is 1.74. The Bertz CT molecular complexity index is 696. The molecule has 0 aliphatic heterocycles. The quantitative estimate of drug-likeness (QED) is 0.844. The third kappa shape index (κ3) is 3.06. The lowest BCUT2D eigenvalue weighted by Gasteiger charge is -2.15. The molecule has 21 heavy (non-hydrogen) atoms. The number of nitrogens with one attached hydrogen (secondary N) is 1. The van der Waals surface area contributed by atoms with Crippen LogP contribution in [0.25, 0.3) is 0 Å². The van der Waals surface area contributed by atoms with E-state index in [1.807, 2.05) is 0 Å². The van der Waals surface area contributed by atoms with Crippen molar-refractivity contribution in [2.75, 3.05) is 6.54 Å². The monoisotopic (exact) mass is 331 g/mol. The molecule has 0 bridgehead atoms. The van der Waals surface area contributed by atoms with Crippen molar-refractivity contribution in [3.63, 3.8) is 0 Å². The molecule has 2 saturated carbocycles. The fourth-order valence-electron chi connectivity index (χ4n) is 2.77. The predicted molar refractivity (Wildman–Crippen MR) is 76.2 cm³/mol. The van der Waals surface area contributed by atoms with Gasteiger partial charge in [-0.15, -0.1) is 0 Å². The van der Waals surface area contributed by atoms with Crippen molar-refractivity contribution < 1.29 is 17.6 Å². The van der Waals surface area contributed by atoms with E-state index in [2.05, 4.69) is 5.32 Å². The largest absolute Gasteiger partial charge is 0.351 e. The van der Waals surface area contributed by atoms with Gasteiger partial charge in [0.15, 0.2) is 0 Å². The van der Waals surface area contributed by atoms with Crippen molar-refractivity contribution in [2.24, 2.45) is 11.3 Å². The lowest BCUT2D eigenvalue weighted by molar-refractivity contribution is 0.0938. The Morgan fingerprint density at radius 1 is 1.38 bits per heavy atom. The summed E-state index contributed by atoms with van der Waals surface area (Å²) in [6.45, 7) is 0.522. The topological polar surface area (TPSA) is 63.2 Å². The van der Waals surface area contributed by atoms with E-state index in [4.69, 9.17) is 10.7 Å². The second-order valence-corrected chi connectivity index (χ2v) is 8.46. The highest BCUT2D eigenvalue weighted by Gasteiger charge is 2.53. The number of benzene rings is 1. The van der Waals surface area contributed by atoms with Crippen LogP contribution < -0.4 is 5.32 Å². The van der Waals surface area contributed by atoms with Gasteiger partial charge in [-0.1, -0.05) is 0 Å². The van der Waals surface area contributed by atoms with Crippen LogP contribution in [0, 0.1) is 17.2 Å². The van der Waals surface area contributed by atoms with E-state index in [-0.39, 0.29) is 15.9 Å². The molecule has 1 amide bonds. The summed E-state index contributed by atoms with van der Waals surface area (Å²) in [6, 6.07) is 2.96. The minimum Gasteiger partial charge on any atom is -0.351 e. The van der Waals surface area contributed by atoms with Gasteiger partial charge in [0.25, 0.3) is 15.0 Å². The van der Waals surface area contributed by atoms with Crippen LogP contribution in [0.2, 0.25) is 0 Å². The second kappa shape index (κ2) is 4.95. The molecule has 114 valence electrons. The average molecular weight is 332 g/mol. The van der Waals surface area contributed by atoms with Crippen molar-refractivity contribution in [3.8, 4) is 0 Å². The van der Waals surface area contributed by atoms with Gasteiger partial charge in [-0.25, -0.2) is 12.8 Å². The van der Waals surface area contributed by atoms with Gasteiger partial charge < -0.3 is 5.32 Å². The predicted octanol–water partition coefficient (Wildman–Crippen LogP) is 2.67. The van der Waals surface area contributed by atoms with Crippen LogP contribution in [0.3, 0.4) is 0 Å². The molecule has 1 aromatic rings. The minimum absolute atomic E-state index is 0.197. The van der Waals surface area contributed by atoms with Crippen molar-refractivity contribution in [3.05, 3.63) is 29.6 Å². The number of halogens is 2. The van der Waals surface area contributed by atoms with Crippen LogP contribution in [0.15, 0.2) is 23.1 Å². The van der Waals surface area contributed by atoms with Crippen molar-refractivity contribution in [1.29, 1.82) is 0 Å². The Morgan fingerprint density at radius 2 is 2.05 bits per heavy atom. The SMILES string of the molecule is O=C(NCC1(C2CC2)CC1)c1cc(S(=O)(=O)Cl)ccc1F. The molecule has 3 rings (SSSR count). The average Bonchev–Trinajstić information content (AvgIpc) is 3.25. The number of carbonyl (C=O) groups is 1. The first kappa shape index (κ1) is 14.8. The summed E-state index contributed by atoms with van der Waals surface area (Å²) in [4.78, 5) is 11.8. The van der Waals surface area contributed by atoms with Crippen molar-refractivity contribution in [1.82, 2.24) is 5.32 Å². The van der Waals surface area contributed by atoms with Crippen LogP contribution in [0.4, 0.5) is 4.39 Å². The van der Waals surface area contributed by atoms with Gasteiger partial charge in [-0.05, 0) is 55.2 Å². The lowest BCUT2D eigenvalue weighted by Crippen LogP contribution is -2.31. The van der Waals surface area contributed by atoms with Gasteiger partial charge in [0.05, 0.1) is 10.5 Å². The first-order valence-corrected chi connectivity index (χ1v) is 9.15. The maximum atomic E-state index is 13.7. The number of carbonyl (C=O) groups excluding carboxylic acids is 1. The molecule has 1 aromatic carbocycles. The van der Waals surface area contributed by atoms with Crippen molar-refractivity contribution >= 4 is 25.6 Å². The fourth-order valence-corrected chi connectivity index (χ4v) is 3.54. The fraction of sp³-hybridized carbons (Fsp3) is 0.500. The van der Waals surface area contributed by atoms with Gasteiger partial charge in [0.1, 0.15) is 5.82 Å². The summed E-state index contributed by atoms with van der Waals surface area (Å²) >= 11 is 0. The summed E-state index contributed by atoms with van der Waals surface area (Å²) in [7, 11) is 1.23. The molecular weight excluding hydrogens is 317 g/mol. The summed E-state index contributed by atoms with van der Waals surface area (Å²) < 4.78 is 36.2. The van der Waals surface area contributed by atoms with Crippen molar-refractivity contribution in [2.45, 2.75) is 30.6 Å². The molecule has 0 heterocycles. The van der Waals surface area contributed by atoms with Gasteiger partial charge in [0, 0.05) is 17.2 Å². The van der Waals surface area contributed by atoms with Crippen LogP contribution in [0.1, 0.15) is 36.0 Å². The molecule has 1 N–H and O–H groups in total. The highest BCUT2D eigenvalue weighted by atomic mass is 35.7. The molecule has 0 saturated heterocycles. The molecule has 0 spiro atoms. The lowest BCUT2D eigenvalue weighted by atomic mass is 10.0. The molecular formula is C14H15ClFNO3S. The summed E-state index contributed by atoms with van der Waals surface area (Å²) in [5, 5.41) is 2.73. The first-order valence-electron chi connectivity index (χ1n) is 6.84. The molecule has 0 aromatic heterocycles. The highest BCUT2D eigenvalue weighted by Crippen LogP contribution is 2.60. The molecule has 2 fully saturated rings. The van der Waals surface area contributed by atoms with E-state index < -0.39 is 20.8 Å². The van der Waals surface area contributed by atoms with Gasteiger partial charge in [-0.3, -0.25) is 4.79 Å². The van der Waals surface area contributed by atoms with Crippen LogP contribution in [0.5, 0.6) is 0 Å². The highest BCUT2D eigenvalue weighted by molar-refractivity contribution is 8.13.